The van der Waals surface area contributed by atoms with E-state index in [4.69, 9.17) is 14.0 Å². The molecule has 174 valence electrons. The number of anilines is 1. The molecule has 0 saturated heterocycles. The molecule has 3 aromatic heterocycles. The molecule has 0 spiro atoms. The number of fused-ring (bicyclic) bond motifs is 1. The predicted octanol–water partition coefficient (Wildman–Crippen LogP) is 5.59. The minimum Gasteiger partial charge on any atom is -0.497 e. The second kappa shape index (κ2) is 8.77. The van der Waals surface area contributed by atoms with E-state index in [1.165, 1.54) is 0 Å². The third-order valence-electron chi connectivity index (χ3n) is 5.62. The highest BCUT2D eigenvalue weighted by atomic mass is 16.5. The largest absolute Gasteiger partial charge is 0.497 e. The molecule has 0 atom stereocenters. The monoisotopic (exact) mass is 449 g/mol. The summed E-state index contributed by atoms with van der Waals surface area (Å²) in [7, 11) is 3.29. The summed E-state index contributed by atoms with van der Waals surface area (Å²) in [6.07, 6.45) is 3.67. The van der Waals surface area contributed by atoms with Crippen molar-refractivity contribution in [3.05, 3.63) is 48.1 Å². The summed E-state index contributed by atoms with van der Waals surface area (Å²) in [6.45, 7) is 11.1. The SMILES string of the molecule is COc1ccc(CNc2ncnc3c2c(-c2cc(C(C)C)on2)cn3C(C)(C)C)c(OC)c1. The Balaban J connectivity index is 1.80. The first kappa shape index (κ1) is 22.6. The smallest absolute Gasteiger partial charge is 0.146 e. The molecule has 0 bridgehead atoms. The predicted molar refractivity (Wildman–Crippen MR) is 129 cm³/mol. The molecule has 0 amide bonds. The molecule has 1 aromatic carbocycles. The molecular formula is C25H31N5O3. The van der Waals surface area contributed by atoms with Crippen molar-refractivity contribution >= 4 is 16.9 Å². The van der Waals surface area contributed by atoms with Gasteiger partial charge < -0.3 is 23.9 Å². The number of nitrogens with zero attached hydrogens (tertiary/aromatic N) is 4. The van der Waals surface area contributed by atoms with Crippen molar-refractivity contribution in [2.45, 2.75) is 52.6 Å². The van der Waals surface area contributed by atoms with Gasteiger partial charge in [0.2, 0.25) is 0 Å². The van der Waals surface area contributed by atoms with E-state index in [-0.39, 0.29) is 11.5 Å². The third kappa shape index (κ3) is 4.37. The second-order valence-corrected chi connectivity index (χ2v) is 9.31. The summed E-state index contributed by atoms with van der Waals surface area (Å²) in [4.78, 5) is 9.20. The Labute approximate surface area is 193 Å². The van der Waals surface area contributed by atoms with E-state index in [9.17, 15) is 0 Å². The van der Waals surface area contributed by atoms with Gasteiger partial charge in [0, 0.05) is 47.5 Å². The zero-order valence-electron chi connectivity index (χ0n) is 20.3. The molecule has 8 nitrogen and oxygen atoms in total. The van der Waals surface area contributed by atoms with Crippen molar-refractivity contribution in [2.24, 2.45) is 0 Å². The van der Waals surface area contributed by atoms with E-state index in [1.54, 1.807) is 20.5 Å². The standard InChI is InChI=1S/C25H31N5O3/c1-15(2)20-11-19(29-33-20)18-13-30(25(3,4)5)24-22(18)23(27-14-28-24)26-12-16-8-9-17(31-6)10-21(16)32-7/h8-11,13-15H,12H2,1-7H3,(H,26,27,28). The molecule has 4 rings (SSSR count). The van der Waals surface area contributed by atoms with Gasteiger partial charge in [-0.15, -0.1) is 0 Å². The molecule has 0 aliphatic carbocycles. The Bertz CT molecular complexity index is 1270. The number of hydrogen-bond acceptors (Lipinski definition) is 7. The maximum atomic E-state index is 5.60. The fourth-order valence-electron chi connectivity index (χ4n) is 3.77. The second-order valence-electron chi connectivity index (χ2n) is 9.31. The number of hydrogen-bond donors (Lipinski definition) is 1. The first-order valence-electron chi connectivity index (χ1n) is 11.0. The Kier molecular flexibility index (Phi) is 6.01. The van der Waals surface area contributed by atoms with Crippen molar-refractivity contribution in [1.82, 2.24) is 19.7 Å². The van der Waals surface area contributed by atoms with Gasteiger partial charge in [-0.25, -0.2) is 9.97 Å². The van der Waals surface area contributed by atoms with Gasteiger partial charge in [-0.3, -0.25) is 0 Å². The summed E-state index contributed by atoms with van der Waals surface area (Å²) >= 11 is 0. The van der Waals surface area contributed by atoms with Crippen LogP contribution in [0.3, 0.4) is 0 Å². The van der Waals surface area contributed by atoms with Crippen LogP contribution in [0.15, 0.2) is 41.3 Å². The van der Waals surface area contributed by atoms with Gasteiger partial charge >= 0.3 is 0 Å². The Hall–Kier alpha value is -3.55. The molecule has 0 radical (unpaired) electrons. The Morgan fingerprint density at radius 1 is 1.09 bits per heavy atom. The molecule has 0 aliphatic rings. The fraction of sp³-hybridized carbons (Fsp3) is 0.400. The number of aromatic nitrogens is 4. The average molecular weight is 450 g/mol. The minimum atomic E-state index is -0.175. The van der Waals surface area contributed by atoms with Crippen LogP contribution in [0.1, 0.15) is 51.9 Å². The molecule has 0 aliphatic heterocycles. The topological polar surface area (TPSA) is 87.2 Å². The molecule has 0 saturated carbocycles. The van der Waals surface area contributed by atoms with Crippen LogP contribution in [-0.2, 0) is 12.1 Å². The van der Waals surface area contributed by atoms with E-state index in [1.807, 2.05) is 24.3 Å². The van der Waals surface area contributed by atoms with Crippen LogP contribution in [-0.4, -0.2) is 33.9 Å². The minimum absolute atomic E-state index is 0.175. The number of nitrogens with one attached hydrogen (secondary N) is 1. The van der Waals surface area contributed by atoms with Crippen molar-refractivity contribution in [3.63, 3.8) is 0 Å². The highest BCUT2D eigenvalue weighted by molar-refractivity contribution is 6.00. The Morgan fingerprint density at radius 3 is 2.52 bits per heavy atom. The first-order chi connectivity index (χ1) is 15.7. The van der Waals surface area contributed by atoms with Gasteiger partial charge in [0.25, 0.3) is 0 Å². The van der Waals surface area contributed by atoms with Gasteiger partial charge in [0.05, 0.1) is 19.6 Å². The first-order valence-corrected chi connectivity index (χ1v) is 11.0. The van der Waals surface area contributed by atoms with Gasteiger partial charge in [-0.2, -0.15) is 0 Å². The van der Waals surface area contributed by atoms with E-state index in [0.717, 1.165) is 50.9 Å². The number of ether oxygens (including phenoxy) is 2. The molecule has 33 heavy (non-hydrogen) atoms. The van der Waals surface area contributed by atoms with Crippen molar-refractivity contribution < 1.29 is 14.0 Å². The van der Waals surface area contributed by atoms with Crippen LogP contribution in [0, 0.1) is 0 Å². The third-order valence-corrected chi connectivity index (χ3v) is 5.62. The van der Waals surface area contributed by atoms with Gasteiger partial charge in [0.15, 0.2) is 0 Å². The lowest BCUT2D eigenvalue weighted by molar-refractivity contribution is 0.373. The number of methoxy groups -OCH3 is 2. The summed E-state index contributed by atoms with van der Waals surface area (Å²) in [5.74, 6) is 3.31. The lowest BCUT2D eigenvalue weighted by atomic mass is 10.1. The highest BCUT2D eigenvalue weighted by Crippen LogP contribution is 2.37. The zero-order valence-corrected chi connectivity index (χ0v) is 20.3. The quantitative estimate of drug-likeness (QED) is 0.393. The van der Waals surface area contributed by atoms with E-state index < -0.39 is 0 Å². The lowest BCUT2D eigenvalue weighted by Gasteiger charge is -2.21. The number of rotatable bonds is 7. The maximum Gasteiger partial charge on any atom is 0.146 e. The van der Waals surface area contributed by atoms with Crippen LogP contribution in [0.4, 0.5) is 5.82 Å². The highest BCUT2D eigenvalue weighted by Gasteiger charge is 2.24. The van der Waals surface area contributed by atoms with Crippen molar-refractivity contribution in [1.29, 1.82) is 0 Å². The fourth-order valence-corrected chi connectivity index (χ4v) is 3.77. The summed E-state index contributed by atoms with van der Waals surface area (Å²) in [6, 6.07) is 7.77. The molecule has 0 unspecified atom stereocenters. The van der Waals surface area contributed by atoms with Crippen molar-refractivity contribution in [3.8, 4) is 22.8 Å². The molecule has 3 heterocycles. The van der Waals surface area contributed by atoms with E-state index in [0.29, 0.717) is 6.54 Å². The van der Waals surface area contributed by atoms with Gasteiger partial charge in [-0.1, -0.05) is 19.0 Å². The van der Waals surface area contributed by atoms with E-state index in [2.05, 4.69) is 65.8 Å². The molecule has 1 N–H and O–H groups in total. The number of benzene rings is 1. The van der Waals surface area contributed by atoms with E-state index >= 15 is 0 Å². The van der Waals surface area contributed by atoms with Gasteiger partial charge in [0.1, 0.15) is 40.7 Å². The van der Waals surface area contributed by atoms with Gasteiger partial charge in [-0.05, 0) is 32.9 Å². The summed E-state index contributed by atoms with van der Waals surface area (Å²) in [5, 5.41) is 8.74. The van der Waals surface area contributed by atoms with Crippen LogP contribution in [0.5, 0.6) is 11.5 Å². The average Bonchev–Trinajstić information content (AvgIpc) is 3.42. The van der Waals surface area contributed by atoms with Crippen LogP contribution < -0.4 is 14.8 Å². The lowest BCUT2D eigenvalue weighted by Crippen LogP contribution is -2.21. The van der Waals surface area contributed by atoms with Crippen LogP contribution in [0.25, 0.3) is 22.3 Å². The van der Waals surface area contributed by atoms with Crippen molar-refractivity contribution in [2.75, 3.05) is 19.5 Å². The summed E-state index contributed by atoms with van der Waals surface area (Å²) in [5.41, 5.74) is 3.36. The van der Waals surface area contributed by atoms with Crippen LogP contribution >= 0.6 is 0 Å². The Morgan fingerprint density at radius 2 is 1.88 bits per heavy atom. The van der Waals surface area contributed by atoms with Crippen LogP contribution in [0.2, 0.25) is 0 Å². The molecule has 8 heteroatoms. The zero-order chi connectivity index (χ0) is 23.8. The molecule has 0 fully saturated rings. The molecule has 4 aromatic rings. The summed E-state index contributed by atoms with van der Waals surface area (Å²) < 4.78 is 18.6. The maximum absolute atomic E-state index is 5.60. The molecular weight excluding hydrogens is 418 g/mol. The normalized spacial score (nSPS) is 11.9.